The average molecular weight is 198 g/mol. The Hall–Kier alpha value is -0.0800. The lowest BCUT2D eigenvalue weighted by Crippen LogP contribution is -2.46. The third-order valence-corrected chi connectivity index (χ3v) is 3.60. The molecule has 2 N–H and O–H groups in total. The van der Waals surface area contributed by atoms with Crippen molar-refractivity contribution in [2.45, 2.75) is 45.4 Å². The van der Waals surface area contributed by atoms with Gasteiger partial charge in [0.15, 0.2) is 0 Å². The second kappa shape index (κ2) is 5.72. The number of unbranched alkanes of at least 4 members (excludes halogenated alkanes) is 2. The molecule has 14 heavy (non-hydrogen) atoms. The molecule has 0 heterocycles. The van der Waals surface area contributed by atoms with E-state index in [0.29, 0.717) is 5.41 Å². The summed E-state index contributed by atoms with van der Waals surface area (Å²) in [6.45, 7) is 5.60. The molecule has 2 nitrogen and oxygen atoms in total. The van der Waals surface area contributed by atoms with Crippen LogP contribution in [0.4, 0.5) is 0 Å². The standard InChI is InChI=1S/C12H26N2/c1-3-4-5-9-14(2)11-12(10-13)7-6-8-12/h3-11,13H2,1-2H3. The van der Waals surface area contributed by atoms with Crippen molar-refractivity contribution in [3.8, 4) is 0 Å². The second-order valence-electron chi connectivity index (χ2n) is 5.00. The highest BCUT2D eigenvalue weighted by molar-refractivity contribution is 4.90. The molecule has 1 aliphatic carbocycles. The fraction of sp³-hybridized carbons (Fsp3) is 1.00. The Kier molecular flexibility index (Phi) is 4.90. The van der Waals surface area contributed by atoms with E-state index in [1.807, 2.05) is 0 Å². The Labute approximate surface area is 88.8 Å². The van der Waals surface area contributed by atoms with Crippen molar-refractivity contribution < 1.29 is 0 Å². The molecule has 0 aromatic heterocycles. The van der Waals surface area contributed by atoms with E-state index in [1.54, 1.807) is 0 Å². The first-order valence-corrected chi connectivity index (χ1v) is 6.11. The molecule has 1 fully saturated rings. The molecule has 0 saturated heterocycles. The minimum atomic E-state index is 0.487. The van der Waals surface area contributed by atoms with E-state index in [9.17, 15) is 0 Å². The molecule has 0 radical (unpaired) electrons. The first-order valence-electron chi connectivity index (χ1n) is 6.11. The van der Waals surface area contributed by atoms with Gasteiger partial charge in [0.2, 0.25) is 0 Å². The highest BCUT2D eigenvalue weighted by Gasteiger charge is 2.36. The zero-order valence-electron chi connectivity index (χ0n) is 9.89. The van der Waals surface area contributed by atoms with Crippen LogP contribution in [-0.4, -0.2) is 31.6 Å². The van der Waals surface area contributed by atoms with Gasteiger partial charge in [0.05, 0.1) is 0 Å². The predicted molar refractivity (Wildman–Crippen MR) is 62.4 cm³/mol. The second-order valence-corrected chi connectivity index (χ2v) is 5.00. The molecule has 0 aromatic rings. The highest BCUT2D eigenvalue weighted by atomic mass is 15.1. The number of hydrogen-bond acceptors (Lipinski definition) is 2. The predicted octanol–water partition coefficient (Wildman–Crippen LogP) is 2.24. The van der Waals surface area contributed by atoms with Gasteiger partial charge in [-0.15, -0.1) is 0 Å². The SMILES string of the molecule is CCCCCN(C)CC1(CN)CCC1. The van der Waals surface area contributed by atoms with E-state index < -0.39 is 0 Å². The van der Waals surface area contributed by atoms with Crippen molar-refractivity contribution >= 4 is 0 Å². The maximum absolute atomic E-state index is 5.85. The van der Waals surface area contributed by atoms with Crippen LogP contribution in [0.5, 0.6) is 0 Å². The van der Waals surface area contributed by atoms with Crippen LogP contribution < -0.4 is 5.73 Å². The van der Waals surface area contributed by atoms with Gasteiger partial charge in [0.1, 0.15) is 0 Å². The molecule has 84 valence electrons. The average Bonchev–Trinajstić information content (AvgIpc) is 2.12. The van der Waals surface area contributed by atoms with Gasteiger partial charge in [-0.05, 0) is 44.8 Å². The van der Waals surface area contributed by atoms with Crippen LogP contribution in [0, 0.1) is 5.41 Å². The summed E-state index contributed by atoms with van der Waals surface area (Å²) in [7, 11) is 2.24. The van der Waals surface area contributed by atoms with Crippen molar-refractivity contribution in [1.29, 1.82) is 0 Å². The summed E-state index contributed by atoms with van der Waals surface area (Å²) in [4.78, 5) is 2.47. The first-order chi connectivity index (χ1) is 6.72. The smallest absolute Gasteiger partial charge is 0.00470 e. The molecule has 0 amide bonds. The molecule has 0 bridgehead atoms. The minimum absolute atomic E-state index is 0.487. The van der Waals surface area contributed by atoms with Crippen LogP contribution in [0.1, 0.15) is 45.4 Å². The van der Waals surface area contributed by atoms with E-state index in [4.69, 9.17) is 5.73 Å². The third kappa shape index (κ3) is 3.25. The summed E-state index contributed by atoms with van der Waals surface area (Å²) in [5.41, 5.74) is 6.33. The van der Waals surface area contributed by atoms with Gasteiger partial charge in [-0.25, -0.2) is 0 Å². The Bertz CT molecular complexity index is 147. The molecule has 1 rings (SSSR count). The molecular formula is C12H26N2. The van der Waals surface area contributed by atoms with Crippen molar-refractivity contribution in [3.05, 3.63) is 0 Å². The lowest BCUT2D eigenvalue weighted by molar-refractivity contribution is 0.0869. The van der Waals surface area contributed by atoms with E-state index in [-0.39, 0.29) is 0 Å². The fourth-order valence-corrected chi connectivity index (χ4v) is 2.39. The van der Waals surface area contributed by atoms with E-state index >= 15 is 0 Å². The summed E-state index contributed by atoms with van der Waals surface area (Å²) in [6, 6.07) is 0. The monoisotopic (exact) mass is 198 g/mol. The zero-order valence-corrected chi connectivity index (χ0v) is 9.89. The maximum Gasteiger partial charge on any atom is 0.00470 e. The Morgan fingerprint density at radius 2 is 2.00 bits per heavy atom. The Balaban J connectivity index is 2.15. The summed E-state index contributed by atoms with van der Waals surface area (Å²) in [5.74, 6) is 0. The van der Waals surface area contributed by atoms with Crippen LogP contribution in [0.2, 0.25) is 0 Å². The summed E-state index contributed by atoms with van der Waals surface area (Å²) in [6.07, 6.45) is 8.10. The topological polar surface area (TPSA) is 29.3 Å². The minimum Gasteiger partial charge on any atom is -0.330 e. The van der Waals surface area contributed by atoms with Crippen LogP contribution in [-0.2, 0) is 0 Å². The normalized spacial score (nSPS) is 19.7. The Morgan fingerprint density at radius 3 is 2.43 bits per heavy atom. The summed E-state index contributed by atoms with van der Waals surface area (Å²) in [5, 5.41) is 0. The largest absolute Gasteiger partial charge is 0.330 e. The maximum atomic E-state index is 5.85. The quantitative estimate of drug-likeness (QED) is 0.636. The lowest BCUT2D eigenvalue weighted by atomic mass is 9.68. The molecule has 0 aromatic carbocycles. The number of rotatable bonds is 7. The van der Waals surface area contributed by atoms with Crippen molar-refractivity contribution in [2.24, 2.45) is 11.1 Å². The van der Waals surface area contributed by atoms with Crippen LogP contribution >= 0.6 is 0 Å². The van der Waals surface area contributed by atoms with Crippen molar-refractivity contribution in [3.63, 3.8) is 0 Å². The molecule has 1 saturated carbocycles. The molecule has 0 aliphatic heterocycles. The van der Waals surface area contributed by atoms with Gasteiger partial charge in [0, 0.05) is 6.54 Å². The fourth-order valence-electron chi connectivity index (χ4n) is 2.39. The van der Waals surface area contributed by atoms with E-state index in [1.165, 1.54) is 51.6 Å². The zero-order chi connectivity index (χ0) is 10.4. The van der Waals surface area contributed by atoms with Gasteiger partial charge in [-0.3, -0.25) is 0 Å². The van der Waals surface area contributed by atoms with Crippen LogP contribution in [0.3, 0.4) is 0 Å². The number of nitrogens with two attached hydrogens (primary N) is 1. The van der Waals surface area contributed by atoms with Gasteiger partial charge >= 0.3 is 0 Å². The van der Waals surface area contributed by atoms with Gasteiger partial charge in [0.25, 0.3) is 0 Å². The molecule has 0 unspecified atom stereocenters. The van der Waals surface area contributed by atoms with E-state index in [0.717, 1.165) is 6.54 Å². The summed E-state index contributed by atoms with van der Waals surface area (Å²) >= 11 is 0. The van der Waals surface area contributed by atoms with Crippen LogP contribution in [0.25, 0.3) is 0 Å². The van der Waals surface area contributed by atoms with Gasteiger partial charge in [-0.2, -0.15) is 0 Å². The molecule has 1 aliphatic rings. The number of nitrogens with zero attached hydrogens (tertiary/aromatic N) is 1. The first kappa shape index (κ1) is 12.0. The lowest BCUT2D eigenvalue weighted by Gasteiger charge is -2.43. The van der Waals surface area contributed by atoms with Crippen molar-refractivity contribution in [1.82, 2.24) is 4.90 Å². The highest BCUT2D eigenvalue weighted by Crippen LogP contribution is 2.40. The van der Waals surface area contributed by atoms with Crippen LogP contribution in [0.15, 0.2) is 0 Å². The number of hydrogen-bond donors (Lipinski definition) is 1. The summed E-state index contributed by atoms with van der Waals surface area (Å²) < 4.78 is 0. The molecule has 0 atom stereocenters. The van der Waals surface area contributed by atoms with Crippen molar-refractivity contribution in [2.75, 3.05) is 26.7 Å². The Morgan fingerprint density at radius 1 is 1.29 bits per heavy atom. The molecule has 0 spiro atoms. The van der Waals surface area contributed by atoms with Gasteiger partial charge < -0.3 is 10.6 Å². The molecular weight excluding hydrogens is 172 g/mol. The third-order valence-electron chi connectivity index (χ3n) is 3.60. The van der Waals surface area contributed by atoms with Gasteiger partial charge in [-0.1, -0.05) is 26.2 Å². The molecule has 2 heteroatoms. The van der Waals surface area contributed by atoms with E-state index in [2.05, 4.69) is 18.9 Å².